The molecule has 0 aromatic rings. The summed E-state index contributed by atoms with van der Waals surface area (Å²) in [6, 6.07) is 0.189. The second kappa shape index (κ2) is 5.81. The predicted molar refractivity (Wildman–Crippen MR) is 101 cm³/mol. The van der Waals surface area contributed by atoms with Gasteiger partial charge in [-0.25, -0.2) is 0 Å². The highest BCUT2D eigenvalue weighted by atomic mass is 16.3. The summed E-state index contributed by atoms with van der Waals surface area (Å²) in [6.45, 7) is 9.34. The Hall–Kier alpha value is -0.380. The first-order chi connectivity index (χ1) is 11.7. The summed E-state index contributed by atoms with van der Waals surface area (Å²) in [5.74, 6) is 1.48. The molecule has 0 saturated heterocycles. The Bertz CT molecular complexity index is 583. The molecule has 0 radical (unpaired) electrons. The third kappa shape index (κ3) is 2.34. The molecule has 3 heteroatoms. The molecule has 4 rings (SSSR count). The molecule has 0 amide bonds. The van der Waals surface area contributed by atoms with Gasteiger partial charge in [0.1, 0.15) is 0 Å². The number of nitrogens with two attached hydrogens (primary N) is 1. The van der Waals surface area contributed by atoms with Crippen molar-refractivity contribution in [2.75, 3.05) is 0 Å². The Labute approximate surface area is 153 Å². The Morgan fingerprint density at radius 1 is 0.960 bits per heavy atom. The number of hydrogen-bond donors (Lipinski definition) is 3. The first-order valence-electron chi connectivity index (χ1n) is 10.5. The maximum atomic E-state index is 11.2. The minimum atomic E-state index is -0.601. The fourth-order valence-corrected chi connectivity index (χ4v) is 7.93. The zero-order valence-electron chi connectivity index (χ0n) is 16.5. The summed E-state index contributed by atoms with van der Waals surface area (Å²) in [6.07, 6.45) is 6.69. The fourth-order valence-electron chi connectivity index (χ4n) is 7.93. The van der Waals surface area contributed by atoms with E-state index in [1.807, 2.05) is 0 Å². The lowest BCUT2D eigenvalue weighted by Crippen LogP contribution is -2.64. The van der Waals surface area contributed by atoms with Crippen molar-refractivity contribution in [3.05, 3.63) is 11.1 Å². The molecular formula is C22H37NO2. The van der Waals surface area contributed by atoms with Crippen LogP contribution in [0.2, 0.25) is 0 Å². The third-order valence-electron chi connectivity index (χ3n) is 9.18. The molecule has 4 aliphatic rings. The van der Waals surface area contributed by atoms with E-state index in [2.05, 4.69) is 27.7 Å². The molecule has 0 bridgehead atoms. The van der Waals surface area contributed by atoms with Gasteiger partial charge in [0.05, 0.1) is 12.2 Å². The summed E-state index contributed by atoms with van der Waals surface area (Å²) >= 11 is 0. The number of fused-ring (bicyclic) bond motifs is 5. The van der Waals surface area contributed by atoms with Crippen molar-refractivity contribution < 1.29 is 10.2 Å². The van der Waals surface area contributed by atoms with E-state index in [9.17, 15) is 10.2 Å². The molecule has 9 atom stereocenters. The second-order valence-corrected chi connectivity index (χ2v) is 10.4. The van der Waals surface area contributed by atoms with Gasteiger partial charge in [-0.15, -0.1) is 0 Å². The van der Waals surface area contributed by atoms with Crippen LogP contribution < -0.4 is 5.73 Å². The van der Waals surface area contributed by atoms with Crippen molar-refractivity contribution in [2.24, 2.45) is 40.2 Å². The van der Waals surface area contributed by atoms with Crippen molar-refractivity contribution in [2.45, 2.75) is 90.9 Å². The molecule has 4 aliphatic carbocycles. The molecular weight excluding hydrogens is 310 g/mol. The largest absolute Gasteiger partial charge is 0.390 e. The predicted octanol–water partition coefficient (Wildman–Crippen LogP) is 3.63. The summed E-state index contributed by atoms with van der Waals surface area (Å²) in [4.78, 5) is 0. The molecule has 4 saturated carbocycles. The lowest BCUT2D eigenvalue weighted by atomic mass is 9.43. The molecule has 0 heterocycles. The lowest BCUT2D eigenvalue weighted by Gasteiger charge is -2.63. The molecule has 142 valence electrons. The second-order valence-electron chi connectivity index (χ2n) is 10.4. The van der Waals surface area contributed by atoms with Gasteiger partial charge in [0.25, 0.3) is 0 Å². The Balaban J connectivity index is 1.73. The van der Waals surface area contributed by atoms with Crippen LogP contribution in [0.3, 0.4) is 0 Å². The topological polar surface area (TPSA) is 66.5 Å². The smallest absolute Gasteiger partial charge is 0.0836 e. The number of allylic oxidation sites excluding steroid dienone is 2. The van der Waals surface area contributed by atoms with Gasteiger partial charge in [0.2, 0.25) is 0 Å². The van der Waals surface area contributed by atoms with E-state index in [0.29, 0.717) is 11.8 Å². The number of hydrogen-bond acceptors (Lipinski definition) is 3. The molecule has 0 spiro atoms. The number of rotatable bonds is 0. The van der Waals surface area contributed by atoms with E-state index in [1.165, 1.54) is 31.3 Å². The zero-order chi connectivity index (χ0) is 18.1. The maximum absolute atomic E-state index is 11.2. The monoisotopic (exact) mass is 347 g/mol. The van der Waals surface area contributed by atoms with Gasteiger partial charge in [-0.1, -0.05) is 25.0 Å². The number of aliphatic hydroxyl groups excluding tert-OH is 2. The molecule has 0 aromatic heterocycles. The highest BCUT2D eigenvalue weighted by molar-refractivity contribution is 5.28. The van der Waals surface area contributed by atoms with Gasteiger partial charge < -0.3 is 15.9 Å². The minimum Gasteiger partial charge on any atom is -0.390 e. The van der Waals surface area contributed by atoms with Crippen LogP contribution in [0.4, 0.5) is 0 Å². The highest BCUT2D eigenvalue weighted by Gasteiger charge is 2.64. The Morgan fingerprint density at radius 2 is 1.68 bits per heavy atom. The van der Waals surface area contributed by atoms with Gasteiger partial charge >= 0.3 is 0 Å². The Kier molecular flexibility index (Phi) is 4.18. The van der Waals surface area contributed by atoms with Crippen molar-refractivity contribution in [3.8, 4) is 0 Å². The first-order valence-corrected chi connectivity index (χ1v) is 10.5. The molecule has 4 N–H and O–H groups in total. The van der Waals surface area contributed by atoms with E-state index in [1.54, 1.807) is 5.57 Å². The van der Waals surface area contributed by atoms with Crippen LogP contribution in [0.1, 0.15) is 72.6 Å². The standard InChI is InChI=1S/C22H37NO2/c1-12(2)14-5-6-15-18-16(8-10-21(14,15)3)22(4)9-7-13(23)11-17(22)19(24)20(18)25/h13,15-20,24-25H,5-11,23H2,1-4H3/t13-,15?,16?,17?,18?,19-,20-,21-,22-/m1/s1. The van der Waals surface area contributed by atoms with E-state index in [-0.39, 0.29) is 28.7 Å². The van der Waals surface area contributed by atoms with Gasteiger partial charge in [-0.3, -0.25) is 0 Å². The molecule has 0 aromatic carbocycles. The van der Waals surface area contributed by atoms with Gasteiger partial charge in [-0.2, -0.15) is 0 Å². The van der Waals surface area contributed by atoms with E-state index in [4.69, 9.17) is 5.73 Å². The Morgan fingerprint density at radius 3 is 2.36 bits per heavy atom. The molecule has 4 fully saturated rings. The van der Waals surface area contributed by atoms with Crippen LogP contribution in [-0.4, -0.2) is 28.5 Å². The lowest BCUT2D eigenvalue weighted by molar-refractivity contribution is -0.210. The van der Waals surface area contributed by atoms with Crippen LogP contribution in [0.15, 0.2) is 11.1 Å². The van der Waals surface area contributed by atoms with Crippen LogP contribution in [0.5, 0.6) is 0 Å². The first kappa shape index (κ1) is 18.0. The zero-order valence-corrected chi connectivity index (χ0v) is 16.5. The van der Waals surface area contributed by atoms with Gasteiger partial charge in [0.15, 0.2) is 0 Å². The molecule has 25 heavy (non-hydrogen) atoms. The van der Waals surface area contributed by atoms with Gasteiger partial charge in [0, 0.05) is 6.04 Å². The van der Waals surface area contributed by atoms with Crippen molar-refractivity contribution in [3.63, 3.8) is 0 Å². The summed E-state index contributed by atoms with van der Waals surface area (Å²) in [7, 11) is 0. The summed E-state index contributed by atoms with van der Waals surface area (Å²) in [5, 5.41) is 22.2. The third-order valence-corrected chi connectivity index (χ3v) is 9.18. The van der Waals surface area contributed by atoms with E-state index >= 15 is 0 Å². The van der Waals surface area contributed by atoms with E-state index < -0.39 is 12.2 Å². The fraction of sp³-hybridized carbons (Fsp3) is 0.909. The SMILES string of the molecule is CC(C)=C1CCC2C3C(CC[C@]12C)[C@@]1(C)CC[C@@H](N)CC1[C@@H](O)[C@@H]3O. The quantitative estimate of drug-likeness (QED) is 0.586. The van der Waals surface area contributed by atoms with E-state index in [0.717, 1.165) is 19.3 Å². The summed E-state index contributed by atoms with van der Waals surface area (Å²) < 4.78 is 0. The van der Waals surface area contributed by atoms with Crippen LogP contribution in [0.25, 0.3) is 0 Å². The van der Waals surface area contributed by atoms with Gasteiger partial charge in [-0.05, 0) is 93.3 Å². The minimum absolute atomic E-state index is 0.147. The normalized spacial score (nSPS) is 55.3. The molecule has 4 unspecified atom stereocenters. The summed E-state index contributed by atoms with van der Waals surface area (Å²) in [5.41, 5.74) is 9.72. The maximum Gasteiger partial charge on any atom is 0.0836 e. The van der Waals surface area contributed by atoms with Crippen molar-refractivity contribution in [1.82, 2.24) is 0 Å². The van der Waals surface area contributed by atoms with Crippen LogP contribution >= 0.6 is 0 Å². The molecule has 0 aliphatic heterocycles. The average Bonchev–Trinajstić information content (AvgIpc) is 2.91. The van der Waals surface area contributed by atoms with Crippen molar-refractivity contribution in [1.29, 1.82) is 0 Å². The van der Waals surface area contributed by atoms with Crippen molar-refractivity contribution >= 4 is 0 Å². The average molecular weight is 348 g/mol. The number of aliphatic hydroxyl groups is 2. The van der Waals surface area contributed by atoms with Crippen LogP contribution in [-0.2, 0) is 0 Å². The molecule has 3 nitrogen and oxygen atoms in total. The highest BCUT2D eigenvalue weighted by Crippen LogP contribution is 2.67. The van der Waals surface area contributed by atoms with Crippen LogP contribution in [0, 0.1) is 34.5 Å².